The number of nitrogens with zero attached hydrogens (tertiary/aromatic N) is 2. The molecule has 3 aromatic carbocycles. The molecule has 1 atom stereocenters. The van der Waals surface area contributed by atoms with Gasteiger partial charge in [0.25, 0.3) is 0 Å². The number of likely N-dealkylation sites (N-methyl/N-ethyl adjacent to an activating group) is 1. The Morgan fingerprint density at radius 2 is 1.65 bits per heavy atom. The summed E-state index contributed by atoms with van der Waals surface area (Å²) in [4.78, 5) is 29.9. The third-order valence-electron chi connectivity index (χ3n) is 5.56. The molecule has 8 heteroatoms. The van der Waals surface area contributed by atoms with Gasteiger partial charge in [-0.3, -0.25) is 14.5 Å². The highest BCUT2D eigenvalue weighted by Crippen LogP contribution is 2.35. The highest BCUT2D eigenvalue weighted by molar-refractivity contribution is 6.30. The molecule has 0 bridgehead atoms. The van der Waals surface area contributed by atoms with Crippen LogP contribution in [0, 0.1) is 12.7 Å². The van der Waals surface area contributed by atoms with Crippen LogP contribution in [0.15, 0.2) is 72.8 Å². The smallest absolute Gasteiger partial charge is 0.250 e. The van der Waals surface area contributed by atoms with Gasteiger partial charge < -0.3 is 15.4 Å². The van der Waals surface area contributed by atoms with Crippen LogP contribution in [0.4, 0.5) is 10.1 Å². The third-order valence-corrected chi connectivity index (χ3v) is 5.79. The van der Waals surface area contributed by atoms with E-state index in [1.165, 1.54) is 29.2 Å². The molecule has 6 nitrogen and oxygen atoms in total. The third kappa shape index (κ3) is 7.78. The van der Waals surface area contributed by atoms with E-state index in [1.807, 2.05) is 58.0 Å². The summed E-state index contributed by atoms with van der Waals surface area (Å²) in [6, 6.07) is 19.1. The Morgan fingerprint density at radius 3 is 2.19 bits per heavy atom. The lowest BCUT2D eigenvalue weighted by atomic mass is 10.0. The number of carbonyl (C=O) groups excluding carboxylic acids is 2. The molecule has 0 heterocycles. The second-order valence-electron chi connectivity index (χ2n) is 7.92. The molecule has 0 aliphatic rings. The number of rotatable bonds is 10. The highest BCUT2D eigenvalue weighted by atomic mass is 35.5. The number of ether oxygens (including phenoxy) is 1. The van der Waals surface area contributed by atoms with E-state index in [2.05, 4.69) is 0 Å². The zero-order valence-electron chi connectivity index (χ0n) is 21.8. The summed E-state index contributed by atoms with van der Waals surface area (Å²) in [7, 11) is 0. The number of hydrogen-bond acceptors (Lipinski definition) is 4. The van der Waals surface area contributed by atoms with Gasteiger partial charge in [0.1, 0.15) is 29.2 Å². The molecule has 2 N–H and O–H groups in total. The topological polar surface area (TPSA) is 75.9 Å². The lowest BCUT2D eigenvalue weighted by molar-refractivity contribution is -0.134. The summed E-state index contributed by atoms with van der Waals surface area (Å²) in [6.45, 7) is 8.65. The summed E-state index contributed by atoms with van der Waals surface area (Å²) in [5.74, 6) is -0.310. The minimum atomic E-state index is -1.05. The van der Waals surface area contributed by atoms with E-state index in [0.29, 0.717) is 41.4 Å². The fourth-order valence-corrected chi connectivity index (χ4v) is 4.00. The van der Waals surface area contributed by atoms with Gasteiger partial charge in [0.15, 0.2) is 0 Å². The largest absolute Gasteiger partial charge is 0.457 e. The molecule has 0 saturated heterocycles. The highest BCUT2D eigenvalue weighted by Gasteiger charge is 2.35. The van der Waals surface area contributed by atoms with Gasteiger partial charge in [-0.1, -0.05) is 44.2 Å². The number of aryl methyl sites for hydroxylation is 1. The van der Waals surface area contributed by atoms with Crippen LogP contribution in [0.5, 0.6) is 11.5 Å². The number of para-hydroxylation sites is 1. The second-order valence-corrected chi connectivity index (χ2v) is 8.19. The van der Waals surface area contributed by atoms with E-state index in [-0.39, 0.29) is 18.3 Å². The van der Waals surface area contributed by atoms with Crippen molar-refractivity contribution >= 4 is 29.1 Å². The average Bonchev–Trinajstić information content (AvgIpc) is 2.92. The second kappa shape index (κ2) is 15.0. The number of nitrogens with two attached hydrogens (primary N) is 1. The zero-order chi connectivity index (χ0) is 27.4. The van der Waals surface area contributed by atoms with E-state index in [1.54, 1.807) is 23.1 Å². The fraction of sp³-hybridized carbons (Fsp3) is 0.310. The zero-order valence-corrected chi connectivity index (χ0v) is 22.5. The molecule has 198 valence electrons. The Bertz CT molecular complexity index is 1140. The number of alkyl halides is 1. The van der Waals surface area contributed by atoms with Crippen LogP contribution >= 0.6 is 11.6 Å². The van der Waals surface area contributed by atoms with Gasteiger partial charge in [-0.15, -0.1) is 11.6 Å². The van der Waals surface area contributed by atoms with Gasteiger partial charge in [-0.2, -0.15) is 0 Å². The molecule has 37 heavy (non-hydrogen) atoms. The van der Waals surface area contributed by atoms with Crippen molar-refractivity contribution < 1.29 is 18.7 Å². The molecule has 3 rings (SSSR count). The summed E-state index contributed by atoms with van der Waals surface area (Å²) < 4.78 is 19.6. The standard InChI is InChI=1S/C27H29ClFN3O3.C2H6/c1-3-31(16-15-30)27(34)26(20-9-11-21(29)12-10-20)32(25(33)18-28)24-14-13-23(17-19(24)2)35-22-7-5-4-6-8-22;1-2/h4-14,17,26H,3,15-16,18,30H2,1-2H3;1-2H3. The SMILES string of the molecule is CC.CCN(CCN)C(=O)C(c1ccc(F)cc1)N(C(=O)CCl)c1ccc(Oc2ccccc2)cc1C. The van der Waals surface area contributed by atoms with E-state index < -0.39 is 17.8 Å². The van der Waals surface area contributed by atoms with Gasteiger partial charge in [-0.05, 0) is 67.4 Å². The quantitative estimate of drug-likeness (QED) is 0.324. The first-order valence-corrected chi connectivity index (χ1v) is 12.9. The predicted octanol–water partition coefficient (Wildman–Crippen LogP) is 6.07. The number of benzene rings is 3. The van der Waals surface area contributed by atoms with Crippen LogP contribution in [0.1, 0.15) is 37.9 Å². The number of hydrogen-bond donors (Lipinski definition) is 1. The fourth-order valence-electron chi connectivity index (χ4n) is 3.87. The molecule has 0 fully saturated rings. The maximum absolute atomic E-state index is 13.7. The molecule has 0 saturated carbocycles. The first kappa shape index (κ1) is 29.8. The lowest BCUT2D eigenvalue weighted by Gasteiger charge is -2.35. The van der Waals surface area contributed by atoms with Crippen molar-refractivity contribution in [1.29, 1.82) is 0 Å². The predicted molar refractivity (Wildman–Crippen MR) is 148 cm³/mol. The monoisotopic (exact) mass is 527 g/mol. The Labute approximate surface area is 223 Å². The number of anilines is 1. The van der Waals surface area contributed by atoms with Crippen LogP contribution in [0.2, 0.25) is 0 Å². The maximum Gasteiger partial charge on any atom is 0.250 e. The maximum atomic E-state index is 13.7. The van der Waals surface area contributed by atoms with Gasteiger partial charge in [0.05, 0.1) is 0 Å². The molecule has 3 aromatic rings. The minimum Gasteiger partial charge on any atom is -0.457 e. The average molecular weight is 528 g/mol. The summed E-state index contributed by atoms with van der Waals surface area (Å²) in [5, 5.41) is 0. The van der Waals surface area contributed by atoms with Crippen molar-refractivity contribution in [2.45, 2.75) is 33.7 Å². The van der Waals surface area contributed by atoms with Crippen LogP contribution in [0.3, 0.4) is 0 Å². The van der Waals surface area contributed by atoms with E-state index >= 15 is 0 Å². The van der Waals surface area contributed by atoms with Crippen molar-refractivity contribution in [3.8, 4) is 11.5 Å². The van der Waals surface area contributed by atoms with Gasteiger partial charge in [0, 0.05) is 25.3 Å². The van der Waals surface area contributed by atoms with E-state index in [0.717, 1.165) is 0 Å². The molecule has 0 aliphatic carbocycles. The first-order chi connectivity index (χ1) is 17.9. The Kier molecular flexibility index (Phi) is 12.1. The van der Waals surface area contributed by atoms with Crippen LogP contribution in [-0.2, 0) is 9.59 Å². The molecule has 1 unspecified atom stereocenters. The van der Waals surface area contributed by atoms with Crippen molar-refractivity contribution in [2.24, 2.45) is 5.73 Å². The summed E-state index contributed by atoms with van der Waals surface area (Å²) in [5.41, 5.74) is 7.40. The molecule has 0 spiro atoms. The van der Waals surface area contributed by atoms with Crippen molar-refractivity contribution in [1.82, 2.24) is 4.90 Å². The molecule has 0 aromatic heterocycles. The Hall–Kier alpha value is -3.42. The number of amides is 2. The van der Waals surface area contributed by atoms with Crippen molar-refractivity contribution in [3.05, 3.63) is 89.7 Å². The number of halogens is 2. The first-order valence-electron chi connectivity index (χ1n) is 12.4. The van der Waals surface area contributed by atoms with Crippen molar-refractivity contribution in [2.75, 3.05) is 30.4 Å². The molecular formula is C29H35ClFN3O3. The number of carbonyl (C=O) groups is 2. The van der Waals surface area contributed by atoms with Crippen molar-refractivity contribution in [3.63, 3.8) is 0 Å². The van der Waals surface area contributed by atoms with Crippen LogP contribution in [-0.4, -0.2) is 42.2 Å². The normalized spacial score (nSPS) is 11.1. The molecular weight excluding hydrogens is 493 g/mol. The van der Waals surface area contributed by atoms with Crippen LogP contribution < -0.4 is 15.4 Å². The molecule has 0 radical (unpaired) electrons. The molecule has 0 aliphatic heterocycles. The Balaban J connectivity index is 0.00000235. The molecule has 2 amide bonds. The van der Waals surface area contributed by atoms with Gasteiger partial charge in [0.2, 0.25) is 11.8 Å². The summed E-state index contributed by atoms with van der Waals surface area (Å²) >= 11 is 6.00. The Morgan fingerprint density at radius 1 is 1.00 bits per heavy atom. The summed E-state index contributed by atoms with van der Waals surface area (Å²) in [6.07, 6.45) is 0. The van der Waals surface area contributed by atoms with E-state index in [9.17, 15) is 14.0 Å². The van der Waals surface area contributed by atoms with Gasteiger partial charge in [-0.25, -0.2) is 4.39 Å². The van der Waals surface area contributed by atoms with Crippen LogP contribution in [0.25, 0.3) is 0 Å². The van der Waals surface area contributed by atoms with Gasteiger partial charge >= 0.3 is 0 Å². The minimum absolute atomic E-state index is 0.268. The van der Waals surface area contributed by atoms with E-state index in [4.69, 9.17) is 22.1 Å². The lowest BCUT2D eigenvalue weighted by Crippen LogP contribution is -2.47.